The summed E-state index contributed by atoms with van der Waals surface area (Å²) in [4.78, 5) is 17.7. The SMILES string of the molecule is C#CCOc1ccc(/C=N/NC(=O)c2cc(-c3ccccc3)nc3ccccc23)cc1OC. The molecule has 33 heavy (non-hydrogen) atoms. The van der Waals surface area contributed by atoms with Gasteiger partial charge in [-0.2, -0.15) is 5.10 Å². The van der Waals surface area contributed by atoms with E-state index in [9.17, 15) is 4.79 Å². The molecule has 4 rings (SSSR count). The van der Waals surface area contributed by atoms with Gasteiger partial charge in [-0.25, -0.2) is 10.4 Å². The second-order valence-electron chi connectivity index (χ2n) is 7.04. The Hall–Kier alpha value is -4.63. The van der Waals surface area contributed by atoms with Crippen LogP contribution >= 0.6 is 0 Å². The maximum atomic E-state index is 13.0. The molecule has 0 aliphatic carbocycles. The molecule has 4 aromatic rings. The molecule has 0 fully saturated rings. The molecule has 0 saturated heterocycles. The molecule has 3 aromatic carbocycles. The largest absolute Gasteiger partial charge is 0.493 e. The first-order chi connectivity index (χ1) is 16.2. The van der Waals surface area contributed by atoms with E-state index in [2.05, 4.69) is 16.4 Å². The van der Waals surface area contributed by atoms with Crippen molar-refractivity contribution in [1.82, 2.24) is 10.4 Å². The quantitative estimate of drug-likeness (QED) is 0.260. The Morgan fingerprint density at radius 3 is 2.64 bits per heavy atom. The van der Waals surface area contributed by atoms with Crippen LogP contribution in [0, 0.1) is 12.3 Å². The number of pyridine rings is 1. The molecule has 1 amide bonds. The number of nitrogens with one attached hydrogen (secondary N) is 1. The highest BCUT2D eigenvalue weighted by atomic mass is 16.5. The summed E-state index contributed by atoms with van der Waals surface area (Å²) >= 11 is 0. The first kappa shape index (κ1) is 21.6. The van der Waals surface area contributed by atoms with E-state index in [4.69, 9.17) is 20.9 Å². The number of hydrazone groups is 1. The Balaban J connectivity index is 1.58. The van der Waals surface area contributed by atoms with E-state index < -0.39 is 0 Å². The number of nitrogens with zero attached hydrogens (tertiary/aromatic N) is 2. The van der Waals surface area contributed by atoms with Gasteiger partial charge in [-0.1, -0.05) is 54.5 Å². The predicted molar refractivity (Wildman–Crippen MR) is 130 cm³/mol. The molecule has 1 heterocycles. The average molecular weight is 435 g/mol. The Labute approximate surface area is 191 Å². The fourth-order valence-corrected chi connectivity index (χ4v) is 3.35. The molecule has 1 N–H and O–H groups in total. The molecule has 0 radical (unpaired) electrons. The number of amides is 1. The van der Waals surface area contributed by atoms with Crippen LogP contribution in [0.25, 0.3) is 22.2 Å². The highest BCUT2D eigenvalue weighted by Crippen LogP contribution is 2.27. The van der Waals surface area contributed by atoms with Crippen LogP contribution in [-0.2, 0) is 0 Å². The number of carbonyl (C=O) groups is 1. The number of para-hydroxylation sites is 1. The summed E-state index contributed by atoms with van der Waals surface area (Å²) in [5.74, 6) is 3.14. The zero-order valence-corrected chi connectivity index (χ0v) is 18.0. The van der Waals surface area contributed by atoms with Crippen LogP contribution in [0.1, 0.15) is 15.9 Å². The van der Waals surface area contributed by atoms with Gasteiger partial charge in [0.25, 0.3) is 5.91 Å². The Morgan fingerprint density at radius 2 is 1.85 bits per heavy atom. The zero-order valence-electron chi connectivity index (χ0n) is 18.0. The third-order valence-corrected chi connectivity index (χ3v) is 4.91. The van der Waals surface area contributed by atoms with Gasteiger partial charge in [0.05, 0.1) is 30.1 Å². The van der Waals surface area contributed by atoms with E-state index in [0.29, 0.717) is 17.1 Å². The summed E-state index contributed by atoms with van der Waals surface area (Å²) in [6, 6.07) is 24.3. The minimum Gasteiger partial charge on any atom is -0.493 e. The van der Waals surface area contributed by atoms with Crippen molar-refractivity contribution in [1.29, 1.82) is 0 Å². The smallest absolute Gasteiger partial charge is 0.272 e. The third kappa shape index (κ3) is 5.00. The minimum atomic E-state index is -0.331. The maximum Gasteiger partial charge on any atom is 0.272 e. The van der Waals surface area contributed by atoms with Gasteiger partial charge >= 0.3 is 0 Å². The van der Waals surface area contributed by atoms with Crippen LogP contribution in [0.4, 0.5) is 0 Å². The van der Waals surface area contributed by atoms with Gasteiger partial charge in [0.2, 0.25) is 0 Å². The molecule has 0 atom stereocenters. The molecule has 162 valence electrons. The van der Waals surface area contributed by atoms with Crippen molar-refractivity contribution in [3.05, 3.63) is 90.0 Å². The van der Waals surface area contributed by atoms with Gasteiger partial charge < -0.3 is 9.47 Å². The number of carbonyl (C=O) groups excluding carboxylic acids is 1. The number of terminal acetylenes is 1. The first-order valence-electron chi connectivity index (χ1n) is 10.2. The summed E-state index contributed by atoms with van der Waals surface area (Å²) in [6.07, 6.45) is 6.77. The zero-order chi connectivity index (χ0) is 23.0. The number of methoxy groups -OCH3 is 1. The third-order valence-electron chi connectivity index (χ3n) is 4.91. The van der Waals surface area contributed by atoms with Gasteiger partial charge in [0, 0.05) is 10.9 Å². The van der Waals surface area contributed by atoms with Crippen LogP contribution in [0.15, 0.2) is 84.0 Å². The van der Waals surface area contributed by atoms with E-state index in [1.54, 1.807) is 31.4 Å². The molecule has 0 aliphatic heterocycles. The lowest BCUT2D eigenvalue weighted by atomic mass is 10.0. The van der Waals surface area contributed by atoms with Crippen LogP contribution < -0.4 is 14.9 Å². The van der Waals surface area contributed by atoms with Gasteiger partial charge in [0.1, 0.15) is 6.61 Å². The molecular weight excluding hydrogens is 414 g/mol. The number of aromatic nitrogens is 1. The minimum absolute atomic E-state index is 0.144. The molecule has 0 spiro atoms. The van der Waals surface area contributed by atoms with E-state index in [1.165, 1.54) is 6.21 Å². The Bertz CT molecular complexity index is 1360. The second kappa shape index (κ2) is 10.1. The van der Waals surface area contributed by atoms with Crippen LogP contribution in [0.2, 0.25) is 0 Å². The van der Waals surface area contributed by atoms with Gasteiger partial charge in [-0.15, -0.1) is 6.42 Å². The molecule has 0 bridgehead atoms. The van der Waals surface area contributed by atoms with Crippen molar-refractivity contribution in [2.75, 3.05) is 13.7 Å². The number of rotatable bonds is 7. The summed E-state index contributed by atoms with van der Waals surface area (Å²) in [5, 5.41) is 4.87. The molecule has 0 unspecified atom stereocenters. The van der Waals surface area contributed by atoms with E-state index in [0.717, 1.165) is 27.7 Å². The van der Waals surface area contributed by atoms with Crippen molar-refractivity contribution in [2.45, 2.75) is 0 Å². The number of fused-ring (bicyclic) bond motifs is 1. The lowest BCUT2D eigenvalue weighted by Crippen LogP contribution is -2.18. The molecule has 1 aromatic heterocycles. The molecule has 6 heteroatoms. The number of ether oxygens (including phenoxy) is 2. The number of hydrogen-bond acceptors (Lipinski definition) is 5. The van der Waals surface area contributed by atoms with Gasteiger partial charge in [-0.05, 0) is 35.9 Å². The fourth-order valence-electron chi connectivity index (χ4n) is 3.35. The Morgan fingerprint density at radius 1 is 1.06 bits per heavy atom. The van der Waals surface area contributed by atoms with Crippen molar-refractivity contribution in [3.8, 4) is 35.1 Å². The predicted octanol–water partition coefficient (Wildman–Crippen LogP) is 4.69. The highest BCUT2D eigenvalue weighted by molar-refractivity contribution is 6.07. The van der Waals surface area contributed by atoms with Crippen molar-refractivity contribution in [3.63, 3.8) is 0 Å². The molecular formula is C27H21N3O3. The van der Waals surface area contributed by atoms with Crippen molar-refractivity contribution < 1.29 is 14.3 Å². The molecule has 0 aliphatic rings. The van der Waals surface area contributed by atoms with Crippen LogP contribution in [-0.4, -0.2) is 30.8 Å². The summed E-state index contributed by atoms with van der Waals surface area (Å²) in [6.45, 7) is 0.144. The van der Waals surface area contributed by atoms with Crippen LogP contribution in [0.3, 0.4) is 0 Å². The van der Waals surface area contributed by atoms with E-state index >= 15 is 0 Å². The Kier molecular flexibility index (Phi) is 6.62. The number of hydrogen-bond donors (Lipinski definition) is 1. The summed E-state index contributed by atoms with van der Waals surface area (Å²) < 4.78 is 10.8. The first-order valence-corrected chi connectivity index (χ1v) is 10.2. The fraction of sp³-hybridized carbons (Fsp3) is 0.0741. The normalized spacial score (nSPS) is 10.7. The van der Waals surface area contributed by atoms with Gasteiger partial charge in [0.15, 0.2) is 11.5 Å². The van der Waals surface area contributed by atoms with Gasteiger partial charge in [-0.3, -0.25) is 4.79 Å². The molecule has 6 nitrogen and oxygen atoms in total. The second-order valence-corrected chi connectivity index (χ2v) is 7.04. The van der Waals surface area contributed by atoms with E-state index in [-0.39, 0.29) is 12.5 Å². The van der Waals surface area contributed by atoms with E-state index in [1.807, 2.05) is 54.6 Å². The van der Waals surface area contributed by atoms with Crippen molar-refractivity contribution >= 4 is 23.0 Å². The maximum absolute atomic E-state index is 13.0. The summed E-state index contributed by atoms with van der Waals surface area (Å²) in [7, 11) is 1.54. The van der Waals surface area contributed by atoms with Crippen molar-refractivity contribution in [2.24, 2.45) is 5.10 Å². The van der Waals surface area contributed by atoms with Crippen LogP contribution in [0.5, 0.6) is 11.5 Å². The topological polar surface area (TPSA) is 72.8 Å². The number of benzene rings is 3. The standard InChI is InChI=1S/C27H21N3O3/c1-3-15-33-25-14-13-19(16-26(25)32-2)18-28-30-27(31)22-17-24(20-9-5-4-6-10-20)29-23-12-8-7-11-21(22)23/h1,4-14,16-18H,15H2,2H3,(H,30,31)/b28-18+. The lowest BCUT2D eigenvalue weighted by Gasteiger charge is -2.10. The molecule has 0 saturated carbocycles. The monoisotopic (exact) mass is 435 g/mol. The summed E-state index contributed by atoms with van der Waals surface area (Å²) in [5.41, 5.74) is 6.21. The average Bonchev–Trinajstić information content (AvgIpc) is 2.87. The lowest BCUT2D eigenvalue weighted by molar-refractivity contribution is 0.0956. The highest BCUT2D eigenvalue weighted by Gasteiger charge is 2.13.